The van der Waals surface area contributed by atoms with E-state index in [4.69, 9.17) is 4.74 Å². The first-order valence-corrected chi connectivity index (χ1v) is 7.99. The lowest BCUT2D eigenvalue weighted by atomic mass is 10.1. The van der Waals surface area contributed by atoms with Crippen molar-refractivity contribution in [1.82, 2.24) is 4.57 Å². The Morgan fingerprint density at radius 1 is 1.25 bits per heavy atom. The highest BCUT2D eigenvalue weighted by molar-refractivity contribution is 9.10. The molecular weight excluding hydrogens is 374 g/mol. The second-order valence-corrected chi connectivity index (χ2v) is 6.46. The lowest BCUT2D eigenvalue weighted by Crippen LogP contribution is -1.98. The van der Waals surface area contributed by atoms with E-state index in [1.54, 1.807) is 6.08 Å². The smallest absolute Gasteiger partial charge is 0.235 e. The molecule has 2 aromatic carbocycles. The largest absolute Gasteiger partial charge is 0.508 e. The van der Waals surface area contributed by atoms with E-state index in [9.17, 15) is 15.0 Å². The van der Waals surface area contributed by atoms with Crippen LogP contribution in [0.4, 0.5) is 0 Å². The quantitative estimate of drug-likeness (QED) is 0.621. The van der Waals surface area contributed by atoms with Crippen molar-refractivity contribution in [2.75, 3.05) is 0 Å². The van der Waals surface area contributed by atoms with Crippen molar-refractivity contribution in [2.24, 2.45) is 7.05 Å². The fraction of sp³-hybridized carbons (Fsp3) is 0.0556. The zero-order valence-corrected chi connectivity index (χ0v) is 14.2. The molecule has 0 fully saturated rings. The van der Waals surface area contributed by atoms with Crippen LogP contribution >= 0.6 is 15.9 Å². The lowest BCUT2D eigenvalue weighted by molar-refractivity contribution is 0.101. The number of aryl methyl sites for hydroxylation is 1. The molecule has 0 spiro atoms. The van der Waals surface area contributed by atoms with Crippen LogP contribution in [0.25, 0.3) is 17.0 Å². The van der Waals surface area contributed by atoms with E-state index < -0.39 is 5.78 Å². The summed E-state index contributed by atoms with van der Waals surface area (Å²) in [5.74, 6) is -0.602. The molecule has 120 valence electrons. The van der Waals surface area contributed by atoms with E-state index in [1.807, 2.05) is 36.0 Å². The third kappa shape index (κ3) is 2.11. The summed E-state index contributed by atoms with van der Waals surface area (Å²) >= 11 is 3.53. The van der Waals surface area contributed by atoms with Crippen LogP contribution in [-0.2, 0) is 7.05 Å². The van der Waals surface area contributed by atoms with Crippen LogP contribution in [0.5, 0.6) is 17.2 Å². The van der Waals surface area contributed by atoms with E-state index in [2.05, 4.69) is 15.9 Å². The van der Waals surface area contributed by atoms with Gasteiger partial charge in [-0.1, -0.05) is 22.0 Å². The van der Waals surface area contributed by atoms with E-state index in [-0.39, 0.29) is 28.6 Å². The molecule has 0 saturated heterocycles. The number of benzene rings is 2. The van der Waals surface area contributed by atoms with Crippen LogP contribution in [0, 0.1) is 0 Å². The number of ketones is 1. The number of ether oxygens (including phenoxy) is 1. The molecule has 6 heteroatoms. The molecule has 0 saturated carbocycles. The van der Waals surface area contributed by atoms with Crippen LogP contribution in [0.3, 0.4) is 0 Å². The zero-order valence-electron chi connectivity index (χ0n) is 12.6. The van der Waals surface area contributed by atoms with Gasteiger partial charge in [-0.3, -0.25) is 4.79 Å². The third-order valence-electron chi connectivity index (χ3n) is 4.02. The summed E-state index contributed by atoms with van der Waals surface area (Å²) in [4.78, 5) is 12.5. The summed E-state index contributed by atoms with van der Waals surface area (Å²) in [6.07, 6.45) is 3.55. The van der Waals surface area contributed by atoms with Gasteiger partial charge in [0.15, 0.2) is 5.76 Å². The number of hydrogen-bond donors (Lipinski definition) is 2. The maximum absolute atomic E-state index is 12.5. The fourth-order valence-corrected chi connectivity index (χ4v) is 3.55. The number of halogens is 1. The maximum atomic E-state index is 12.5. The number of aromatic hydroxyl groups is 2. The van der Waals surface area contributed by atoms with Crippen LogP contribution in [0.15, 0.2) is 46.8 Å². The van der Waals surface area contributed by atoms with Crippen LogP contribution < -0.4 is 4.74 Å². The molecule has 0 amide bonds. The summed E-state index contributed by atoms with van der Waals surface area (Å²) in [6, 6.07) is 8.29. The van der Waals surface area contributed by atoms with Crippen molar-refractivity contribution in [1.29, 1.82) is 0 Å². The molecule has 0 radical (unpaired) electrons. The number of fused-ring (bicyclic) bond motifs is 2. The Morgan fingerprint density at radius 2 is 2.04 bits per heavy atom. The van der Waals surface area contributed by atoms with Gasteiger partial charge in [-0.2, -0.15) is 0 Å². The Bertz CT molecular complexity index is 1050. The van der Waals surface area contributed by atoms with E-state index in [0.29, 0.717) is 0 Å². The standard InChI is InChI=1S/C18H12BrNO4/c1-20-8-9(16-11(19)3-2-4-12(16)20)5-15-18(23)17-13(22)6-10(21)7-14(17)24-15/h2-8,21-22H,1H3/b15-5-. The number of carbonyl (C=O) groups excluding carboxylic acids is 1. The first-order valence-electron chi connectivity index (χ1n) is 7.19. The maximum Gasteiger partial charge on any atom is 0.235 e. The van der Waals surface area contributed by atoms with Crippen LogP contribution in [0.2, 0.25) is 0 Å². The topological polar surface area (TPSA) is 71.7 Å². The van der Waals surface area contributed by atoms with Crippen molar-refractivity contribution in [3.05, 3.63) is 57.9 Å². The Labute approximate surface area is 145 Å². The molecule has 4 rings (SSSR count). The van der Waals surface area contributed by atoms with E-state index in [0.717, 1.165) is 27.0 Å². The van der Waals surface area contributed by atoms with E-state index in [1.165, 1.54) is 6.07 Å². The summed E-state index contributed by atoms with van der Waals surface area (Å²) in [7, 11) is 1.92. The Hall–Kier alpha value is -2.73. The normalized spacial score (nSPS) is 15.1. The molecule has 1 aliphatic heterocycles. The van der Waals surface area contributed by atoms with Gasteiger partial charge in [0, 0.05) is 46.3 Å². The molecule has 1 aromatic heterocycles. The predicted molar refractivity (Wildman–Crippen MR) is 93.3 cm³/mol. The molecule has 24 heavy (non-hydrogen) atoms. The fourth-order valence-electron chi connectivity index (χ4n) is 2.96. The number of nitrogens with zero attached hydrogens (tertiary/aromatic N) is 1. The Balaban J connectivity index is 1.87. The molecule has 0 atom stereocenters. The number of hydrogen-bond acceptors (Lipinski definition) is 4. The zero-order chi connectivity index (χ0) is 17.0. The van der Waals surface area contributed by atoms with Gasteiger partial charge in [-0.05, 0) is 18.2 Å². The van der Waals surface area contributed by atoms with E-state index >= 15 is 0 Å². The molecule has 0 aliphatic carbocycles. The third-order valence-corrected chi connectivity index (χ3v) is 4.68. The summed E-state index contributed by atoms with van der Waals surface area (Å²) < 4.78 is 8.42. The number of allylic oxidation sites excluding steroid dienone is 1. The van der Waals surface area contributed by atoms with Crippen molar-refractivity contribution in [2.45, 2.75) is 0 Å². The van der Waals surface area contributed by atoms with Gasteiger partial charge < -0.3 is 19.5 Å². The van der Waals surface area contributed by atoms with Crippen molar-refractivity contribution < 1.29 is 19.7 Å². The summed E-state index contributed by atoms with van der Waals surface area (Å²) in [5.41, 5.74) is 1.90. The molecule has 3 aromatic rings. The highest BCUT2D eigenvalue weighted by Gasteiger charge is 2.31. The lowest BCUT2D eigenvalue weighted by Gasteiger charge is -2.00. The van der Waals surface area contributed by atoms with Gasteiger partial charge in [0.05, 0.1) is 0 Å². The predicted octanol–water partition coefficient (Wildman–Crippen LogP) is 3.97. The number of rotatable bonds is 1. The molecule has 0 unspecified atom stereocenters. The SMILES string of the molecule is Cn1cc(/C=C2\Oc3cc(O)cc(O)c3C2=O)c2c(Br)cccc21. The van der Waals surface area contributed by atoms with Crippen LogP contribution in [0.1, 0.15) is 15.9 Å². The van der Waals surface area contributed by atoms with Gasteiger partial charge in [-0.15, -0.1) is 0 Å². The van der Waals surface area contributed by atoms with Gasteiger partial charge in [0.1, 0.15) is 22.8 Å². The first-order chi connectivity index (χ1) is 11.5. The second kappa shape index (κ2) is 5.14. The average Bonchev–Trinajstić information content (AvgIpc) is 2.99. The Kier molecular flexibility index (Phi) is 3.18. The van der Waals surface area contributed by atoms with Crippen molar-refractivity contribution in [3.63, 3.8) is 0 Å². The van der Waals surface area contributed by atoms with Crippen molar-refractivity contribution in [3.8, 4) is 17.2 Å². The monoisotopic (exact) mass is 385 g/mol. The highest BCUT2D eigenvalue weighted by atomic mass is 79.9. The van der Waals surface area contributed by atoms with Gasteiger partial charge in [-0.25, -0.2) is 0 Å². The van der Waals surface area contributed by atoms with Gasteiger partial charge >= 0.3 is 0 Å². The number of Topliss-reactive ketones (excluding diaryl/α,β-unsaturated/α-hetero) is 1. The minimum Gasteiger partial charge on any atom is -0.508 e. The highest BCUT2D eigenvalue weighted by Crippen LogP contribution is 2.41. The number of carbonyl (C=O) groups is 1. The average molecular weight is 386 g/mol. The first kappa shape index (κ1) is 14.8. The van der Waals surface area contributed by atoms with Crippen molar-refractivity contribution >= 4 is 38.7 Å². The molecule has 2 N–H and O–H groups in total. The number of aromatic nitrogens is 1. The number of phenolic OH excluding ortho intramolecular Hbond substituents is 2. The second-order valence-electron chi connectivity index (χ2n) is 5.61. The molecular formula is C18H12BrNO4. The minimum atomic E-state index is -0.411. The minimum absolute atomic E-state index is 0.0679. The summed E-state index contributed by atoms with van der Waals surface area (Å²) in [6.45, 7) is 0. The molecule has 0 bridgehead atoms. The molecule has 2 heterocycles. The number of phenols is 2. The van der Waals surface area contributed by atoms with Crippen LogP contribution in [-0.4, -0.2) is 20.6 Å². The van der Waals surface area contributed by atoms with Gasteiger partial charge in [0.2, 0.25) is 5.78 Å². The summed E-state index contributed by atoms with van der Waals surface area (Å²) in [5, 5.41) is 20.4. The molecule has 5 nitrogen and oxygen atoms in total. The molecule has 1 aliphatic rings. The van der Waals surface area contributed by atoms with Gasteiger partial charge in [0.25, 0.3) is 0 Å². The Morgan fingerprint density at radius 3 is 2.83 bits per heavy atom.